The summed E-state index contributed by atoms with van der Waals surface area (Å²) in [6.07, 6.45) is 0.848. The SMILES string of the molecule is B[C@@H]1O[C@H](COC)C(OC)[C@@H]1OCC(CC)CN. The van der Waals surface area contributed by atoms with Crippen LogP contribution in [0.2, 0.25) is 0 Å². The van der Waals surface area contributed by atoms with E-state index in [1.165, 1.54) is 0 Å². The number of ether oxygens (including phenoxy) is 4. The zero-order valence-corrected chi connectivity index (χ0v) is 11.9. The van der Waals surface area contributed by atoms with E-state index in [1.54, 1.807) is 14.2 Å². The van der Waals surface area contributed by atoms with E-state index in [4.69, 9.17) is 24.7 Å². The van der Waals surface area contributed by atoms with Gasteiger partial charge < -0.3 is 24.7 Å². The van der Waals surface area contributed by atoms with Crippen molar-refractivity contribution in [2.45, 2.75) is 37.7 Å². The molecule has 5 nitrogen and oxygen atoms in total. The average molecular weight is 259 g/mol. The van der Waals surface area contributed by atoms with Crippen LogP contribution in [0.1, 0.15) is 13.3 Å². The van der Waals surface area contributed by atoms with Crippen LogP contribution >= 0.6 is 0 Å². The lowest BCUT2D eigenvalue weighted by Gasteiger charge is -2.24. The Morgan fingerprint density at radius 1 is 1.33 bits per heavy atom. The zero-order chi connectivity index (χ0) is 13.5. The third-order valence-electron chi connectivity index (χ3n) is 3.58. The second-order valence-electron chi connectivity index (χ2n) is 4.84. The molecule has 2 unspecified atom stereocenters. The number of hydrogen-bond donors (Lipinski definition) is 1. The highest BCUT2D eigenvalue weighted by Crippen LogP contribution is 2.25. The van der Waals surface area contributed by atoms with Gasteiger partial charge in [0.15, 0.2) is 0 Å². The summed E-state index contributed by atoms with van der Waals surface area (Å²) in [4.78, 5) is 0. The van der Waals surface area contributed by atoms with Crippen molar-refractivity contribution < 1.29 is 18.9 Å². The molecule has 0 bridgehead atoms. The van der Waals surface area contributed by atoms with Crippen LogP contribution in [0.25, 0.3) is 0 Å². The Morgan fingerprint density at radius 3 is 2.56 bits per heavy atom. The van der Waals surface area contributed by atoms with Gasteiger partial charge in [-0.15, -0.1) is 0 Å². The van der Waals surface area contributed by atoms with E-state index in [0.717, 1.165) is 6.42 Å². The lowest BCUT2D eigenvalue weighted by atomic mass is 9.92. The molecule has 106 valence electrons. The topological polar surface area (TPSA) is 62.9 Å². The molecule has 0 spiro atoms. The number of rotatable bonds is 8. The lowest BCUT2D eigenvalue weighted by Crippen LogP contribution is -2.39. The highest BCUT2D eigenvalue weighted by molar-refractivity contribution is 6.11. The summed E-state index contributed by atoms with van der Waals surface area (Å²) in [5, 5.41) is 0. The van der Waals surface area contributed by atoms with Gasteiger partial charge in [0.1, 0.15) is 26.2 Å². The van der Waals surface area contributed by atoms with Gasteiger partial charge in [-0.3, -0.25) is 0 Å². The van der Waals surface area contributed by atoms with Crippen LogP contribution in [-0.2, 0) is 18.9 Å². The molecule has 0 aromatic rings. The number of methoxy groups -OCH3 is 2. The van der Waals surface area contributed by atoms with E-state index < -0.39 is 0 Å². The predicted molar refractivity (Wildman–Crippen MR) is 72.5 cm³/mol. The summed E-state index contributed by atoms with van der Waals surface area (Å²) in [7, 11) is 5.36. The van der Waals surface area contributed by atoms with Crippen molar-refractivity contribution in [2.24, 2.45) is 11.7 Å². The van der Waals surface area contributed by atoms with Crippen LogP contribution in [0.4, 0.5) is 0 Å². The Labute approximate surface area is 111 Å². The molecule has 1 fully saturated rings. The fourth-order valence-corrected chi connectivity index (χ4v) is 2.32. The molecule has 6 heteroatoms. The molecule has 1 heterocycles. The Morgan fingerprint density at radius 2 is 2.06 bits per heavy atom. The van der Waals surface area contributed by atoms with Crippen LogP contribution in [0, 0.1) is 5.92 Å². The molecule has 2 N–H and O–H groups in total. The summed E-state index contributed by atoms with van der Waals surface area (Å²) in [5.74, 6) is 0.399. The zero-order valence-electron chi connectivity index (χ0n) is 11.9. The Bertz CT molecular complexity index is 228. The molecular weight excluding hydrogens is 233 g/mol. The van der Waals surface area contributed by atoms with Crippen LogP contribution < -0.4 is 5.73 Å². The average Bonchev–Trinajstić information content (AvgIpc) is 2.67. The third kappa shape index (κ3) is 3.93. The van der Waals surface area contributed by atoms with Crippen LogP contribution in [0.15, 0.2) is 0 Å². The van der Waals surface area contributed by atoms with E-state index in [0.29, 0.717) is 25.7 Å². The van der Waals surface area contributed by atoms with Gasteiger partial charge in [-0.25, -0.2) is 0 Å². The third-order valence-corrected chi connectivity index (χ3v) is 3.58. The van der Waals surface area contributed by atoms with Gasteiger partial charge in [-0.2, -0.15) is 0 Å². The van der Waals surface area contributed by atoms with Gasteiger partial charge >= 0.3 is 0 Å². The molecule has 0 saturated carbocycles. The smallest absolute Gasteiger partial charge is 0.142 e. The van der Waals surface area contributed by atoms with Crippen molar-refractivity contribution in [1.29, 1.82) is 0 Å². The second-order valence-corrected chi connectivity index (χ2v) is 4.84. The fraction of sp³-hybridized carbons (Fsp3) is 1.00. The van der Waals surface area contributed by atoms with Gasteiger partial charge in [0.25, 0.3) is 0 Å². The summed E-state index contributed by atoms with van der Waals surface area (Å²) in [6, 6.07) is 0.0189. The van der Waals surface area contributed by atoms with Crippen LogP contribution in [0.5, 0.6) is 0 Å². The molecule has 0 radical (unpaired) electrons. The van der Waals surface area contributed by atoms with Crippen LogP contribution in [-0.4, -0.2) is 66.1 Å². The van der Waals surface area contributed by atoms with Crippen molar-refractivity contribution in [3.63, 3.8) is 0 Å². The van der Waals surface area contributed by atoms with E-state index in [2.05, 4.69) is 6.92 Å². The van der Waals surface area contributed by atoms with Gasteiger partial charge in [-0.05, 0) is 18.9 Å². The first kappa shape index (κ1) is 15.9. The normalized spacial score (nSPS) is 33.8. The first-order chi connectivity index (χ1) is 8.67. The minimum atomic E-state index is -0.0739. The van der Waals surface area contributed by atoms with E-state index in [1.807, 2.05) is 7.85 Å². The van der Waals surface area contributed by atoms with Crippen molar-refractivity contribution in [3.05, 3.63) is 0 Å². The van der Waals surface area contributed by atoms with Crippen LogP contribution in [0.3, 0.4) is 0 Å². The van der Waals surface area contributed by atoms with Gasteiger partial charge in [0.2, 0.25) is 0 Å². The summed E-state index contributed by atoms with van der Waals surface area (Å²) in [6.45, 7) is 3.95. The van der Waals surface area contributed by atoms with Crippen molar-refractivity contribution in [1.82, 2.24) is 0 Å². The van der Waals surface area contributed by atoms with Crippen molar-refractivity contribution in [2.75, 3.05) is 34.0 Å². The highest BCUT2D eigenvalue weighted by Gasteiger charge is 2.43. The fourth-order valence-electron chi connectivity index (χ4n) is 2.32. The molecular formula is C12H26BNO4. The second kappa shape index (κ2) is 8.12. The maximum absolute atomic E-state index is 5.95. The van der Waals surface area contributed by atoms with E-state index in [9.17, 15) is 0 Å². The highest BCUT2D eigenvalue weighted by atomic mass is 16.6. The van der Waals surface area contributed by atoms with Gasteiger partial charge in [0, 0.05) is 14.2 Å². The summed E-state index contributed by atoms with van der Waals surface area (Å²) < 4.78 is 22.4. The standard InChI is InChI=1S/C12H26BNO4/c1-4-8(5-14)6-17-11-10(16-3)9(7-15-2)18-12(11)13/h8-12H,4-7,13-14H2,1-3H3/t8?,9-,10?,11+,12-/m1/s1. The Kier molecular flexibility index (Phi) is 7.18. The molecule has 0 amide bonds. The van der Waals surface area contributed by atoms with E-state index >= 15 is 0 Å². The first-order valence-corrected chi connectivity index (χ1v) is 6.66. The molecule has 1 aliphatic rings. The minimum absolute atomic E-state index is 0.0189. The molecule has 1 aliphatic heterocycles. The molecule has 0 aromatic carbocycles. The predicted octanol–water partition coefficient (Wildman–Crippen LogP) is -0.624. The molecule has 5 atom stereocenters. The molecule has 1 rings (SSSR count). The maximum atomic E-state index is 5.95. The van der Waals surface area contributed by atoms with Gasteiger partial charge in [-0.1, -0.05) is 6.92 Å². The minimum Gasteiger partial charge on any atom is -0.382 e. The monoisotopic (exact) mass is 259 g/mol. The summed E-state index contributed by atoms with van der Waals surface area (Å²) in [5.41, 5.74) is 5.68. The van der Waals surface area contributed by atoms with Crippen molar-refractivity contribution in [3.8, 4) is 0 Å². The number of hydrogen-bond acceptors (Lipinski definition) is 5. The summed E-state index contributed by atoms with van der Waals surface area (Å²) >= 11 is 0. The molecule has 18 heavy (non-hydrogen) atoms. The lowest BCUT2D eigenvalue weighted by molar-refractivity contribution is -0.0617. The van der Waals surface area contributed by atoms with Gasteiger partial charge in [0.05, 0.1) is 19.2 Å². The Balaban J connectivity index is 2.51. The number of nitrogens with two attached hydrogens (primary N) is 1. The largest absolute Gasteiger partial charge is 0.382 e. The molecule has 0 aromatic heterocycles. The maximum Gasteiger partial charge on any atom is 0.142 e. The first-order valence-electron chi connectivity index (χ1n) is 6.66. The van der Waals surface area contributed by atoms with E-state index in [-0.39, 0.29) is 24.3 Å². The molecule has 0 aliphatic carbocycles. The molecule has 1 saturated heterocycles. The quantitative estimate of drug-likeness (QED) is 0.588. The Hall–Kier alpha value is -0.135. The van der Waals surface area contributed by atoms with Crippen molar-refractivity contribution >= 4 is 7.85 Å².